The van der Waals surface area contributed by atoms with Gasteiger partial charge in [-0.25, -0.2) is 14.8 Å². The second-order valence-corrected chi connectivity index (χ2v) is 9.44. The molecule has 0 radical (unpaired) electrons. The van der Waals surface area contributed by atoms with Gasteiger partial charge < -0.3 is 19.5 Å². The monoisotopic (exact) mass is 475 g/mol. The Labute approximate surface area is 205 Å². The minimum Gasteiger partial charge on any atom is -0.465 e. The number of hydrogen-bond acceptors (Lipinski definition) is 5. The third-order valence-electron chi connectivity index (χ3n) is 7.18. The Kier molecular flexibility index (Phi) is 6.97. The minimum atomic E-state index is -0.407. The van der Waals surface area contributed by atoms with Crippen molar-refractivity contribution in [3.8, 4) is 11.3 Å². The molecule has 2 amide bonds. The molecule has 2 aliphatic rings. The van der Waals surface area contributed by atoms with Crippen LogP contribution in [0.2, 0.25) is 0 Å². The molecule has 1 aromatic carbocycles. The normalized spacial score (nSPS) is 15.9. The van der Waals surface area contributed by atoms with Gasteiger partial charge in [-0.15, -0.1) is 0 Å². The SMILES string of the molecule is CCOC(=O)CNC(=O)N1CCC(CCc2nccc(-c3cn4c5c(cccc35)CCC4)n2)CC1. The van der Waals surface area contributed by atoms with Crippen molar-refractivity contribution in [1.82, 2.24) is 24.8 Å². The average molecular weight is 476 g/mol. The Bertz CT molecular complexity index is 1210. The minimum absolute atomic E-state index is 0.0831. The molecular weight excluding hydrogens is 442 g/mol. The van der Waals surface area contributed by atoms with E-state index in [2.05, 4.69) is 39.3 Å². The summed E-state index contributed by atoms with van der Waals surface area (Å²) in [7, 11) is 0. The first-order valence-electron chi connectivity index (χ1n) is 12.7. The van der Waals surface area contributed by atoms with E-state index in [1.54, 1.807) is 11.8 Å². The summed E-state index contributed by atoms with van der Waals surface area (Å²) in [5, 5.41) is 3.93. The maximum absolute atomic E-state index is 12.3. The Morgan fingerprint density at radius 1 is 1.17 bits per heavy atom. The van der Waals surface area contributed by atoms with Crippen molar-refractivity contribution in [2.24, 2.45) is 5.92 Å². The highest BCUT2D eigenvalue weighted by Crippen LogP contribution is 2.34. The summed E-state index contributed by atoms with van der Waals surface area (Å²) in [4.78, 5) is 35.0. The fourth-order valence-corrected chi connectivity index (χ4v) is 5.36. The van der Waals surface area contributed by atoms with Crippen LogP contribution in [0.25, 0.3) is 22.2 Å². The number of urea groups is 1. The van der Waals surface area contributed by atoms with Crippen molar-refractivity contribution >= 4 is 22.9 Å². The van der Waals surface area contributed by atoms with Crippen LogP contribution in [0.15, 0.2) is 36.7 Å². The van der Waals surface area contributed by atoms with Crippen LogP contribution in [-0.4, -0.2) is 57.7 Å². The summed E-state index contributed by atoms with van der Waals surface area (Å²) in [6.45, 7) is 4.44. The lowest BCUT2D eigenvalue weighted by Gasteiger charge is -2.31. The quantitative estimate of drug-likeness (QED) is 0.523. The number of esters is 1. The van der Waals surface area contributed by atoms with Crippen molar-refractivity contribution in [3.05, 3.63) is 48.0 Å². The highest BCUT2D eigenvalue weighted by atomic mass is 16.5. The van der Waals surface area contributed by atoms with E-state index < -0.39 is 5.97 Å². The number of aromatic nitrogens is 3. The number of nitrogens with zero attached hydrogens (tertiary/aromatic N) is 4. The maximum Gasteiger partial charge on any atom is 0.325 e. The molecule has 4 heterocycles. The molecule has 35 heavy (non-hydrogen) atoms. The van der Waals surface area contributed by atoms with E-state index in [-0.39, 0.29) is 12.6 Å². The predicted octanol–water partition coefficient (Wildman–Crippen LogP) is 3.96. The number of amides is 2. The molecule has 0 aliphatic carbocycles. The Hall–Kier alpha value is -3.42. The fraction of sp³-hybridized carbons (Fsp3) is 0.481. The zero-order valence-electron chi connectivity index (χ0n) is 20.3. The van der Waals surface area contributed by atoms with Gasteiger partial charge in [-0.05, 0) is 56.6 Å². The van der Waals surface area contributed by atoms with Gasteiger partial charge in [-0.2, -0.15) is 0 Å². The van der Waals surface area contributed by atoms with Crippen LogP contribution in [-0.2, 0) is 28.9 Å². The number of ether oxygens (including phenoxy) is 1. The first-order chi connectivity index (χ1) is 17.1. The van der Waals surface area contributed by atoms with Crippen LogP contribution in [0, 0.1) is 5.92 Å². The molecule has 1 fully saturated rings. The highest BCUT2D eigenvalue weighted by Gasteiger charge is 2.23. The van der Waals surface area contributed by atoms with E-state index in [4.69, 9.17) is 9.72 Å². The number of para-hydroxylation sites is 1. The van der Waals surface area contributed by atoms with Crippen molar-refractivity contribution in [3.63, 3.8) is 0 Å². The molecule has 0 saturated carbocycles. The first-order valence-corrected chi connectivity index (χ1v) is 12.7. The number of piperidine rings is 1. The topological polar surface area (TPSA) is 89.4 Å². The van der Waals surface area contributed by atoms with Gasteiger partial charge in [-0.3, -0.25) is 4.79 Å². The Morgan fingerprint density at radius 2 is 2.03 bits per heavy atom. The Balaban J connectivity index is 1.16. The molecule has 2 aromatic heterocycles. The van der Waals surface area contributed by atoms with E-state index in [9.17, 15) is 9.59 Å². The van der Waals surface area contributed by atoms with Gasteiger partial charge in [0.1, 0.15) is 12.4 Å². The molecule has 2 aliphatic heterocycles. The standard InChI is InChI=1S/C27H33N5O3/c1-2-35-25(33)17-29-27(34)31-15-11-19(12-16-31)8-9-24-28-13-10-23(30-24)22-18-32-14-4-6-20-5-3-7-21(22)26(20)32/h3,5,7,10,13,18-19H,2,4,6,8-9,11-12,14-17H2,1H3,(H,29,34). The molecule has 0 spiro atoms. The van der Waals surface area contributed by atoms with E-state index >= 15 is 0 Å². The second-order valence-electron chi connectivity index (χ2n) is 9.44. The summed E-state index contributed by atoms with van der Waals surface area (Å²) < 4.78 is 7.23. The molecule has 3 aromatic rings. The lowest BCUT2D eigenvalue weighted by atomic mass is 9.92. The van der Waals surface area contributed by atoms with Crippen LogP contribution < -0.4 is 5.32 Å². The van der Waals surface area contributed by atoms with E-state index in [0.29, 0.717) is 25.6 Å². The van der Waals surface area contributed by atoms with Crippen LogP contribution >= 0.6 is 0 Å². The molecule has 1 saturated heterocycles. The maximum atomic E-state index is 12.3. The van der Waals surface area contributed by atoms with Crippen molar-refractivity contribution in [2.45, 2.75) is 52.0 Å². The molecule has 184 valence electrons. The number of carbonyl (C=O) groups is 2. The largest absolute Gasteiger partial charge is 0.465 e. The molecular formula is C27H33N5O3. The Morgan fingerprint density at radius 3 is 2.86 bits per heavy atom. The molecule has 5 rings (SSSR count). The van der Waals surface area contributed by atoms with Crippen LogP contribution in [0.4, 0.5) is 4.79 Å². The molecule has 8 heteroatoms. The van der Waals surface area contributed by atoms with E-state index in [1.807, 2.05) is 12.3 Å². The average Bonchev–Trinajstić information content (AvgIpc) is 3.27. The zero-order chi connectivity index (χ0) is 24.2. The number of carbonyl (C=O) groups excluding carboxylic acids is 2. The fourth-order valence-electron chi connectivity index (χ4n) is 5.36. The number of likely N-dealkylation sites (tertiary alicyclic amines) is 1. The van der Waals surface area contributed by atoms with Gasteiger partial charge in [0.25, 0.3) is 0 Å². The number of hydrogen-bond donors (Lipinski definition) is 1. The van der Waals surface area contributed by atoms with E-state index in [0.717, 1.165) is 50.2 Å². The molecule has 0 atom stereocenters. The van der Waals surface area contributed by atoms with E-state index in [1.165, 1.54) is 28.5 Å². The van der Waals surface area contributed by atoms with Crippen LogP contribution in [0.3, 0.4) is 0 Å². The van der Waals surface area contributed by atoms with Gasteiger partial charge >= 0.3 is 12.0 Å². The number of benzene rings is 1. The second kappa shape index (κ2) is 10.5. The lowest BCUT2D eigenvalue weighted by molar-refractivity contribution is -0.141. The highest BCUT2D eigenvalue weighted by molar-refractivity contribution is 5.97. The summed E-state index contributed by atoms with van der Waals surface area (Å²) in [5.74, 6) is 1.01. The summed E-state index contributed by atoms with van der Waals surface area (Å²) in [5.41, 5.74) is 4.96. The molecule has 8 nitrogen and oxygen atoms in total. The number of aryl methyl sites for hydroxylation is 3. The van der Waals surface area contributed by atoms with Gasteiger partial charge in [0, 0.05) is 49.4 Å². The van der Waals surface area contributed by atoms with Gasteiger partial charge in [0.05, 0.1) is 17.8 Å². The van der Waals surface area contributed by atoms with Crippen molar-refractivity contribution < 1.29 is 14.3 Å². The third-order valence-corrected chi connectivity index (χ3v) is 7.18. The molecule has 0 bridgehead atoms. The summed E-state index contributed by atoms with van der Waals surface area (Å²) in [6, 6.07) is 8.42. The summed E-state index contributed by atoms with van der Waals surface area (Å²) in [6.07, 6.45) is 10.2. The molecule has 1 N–H and O–H groups in total. The van der Waals surface area contributed by atoms with Crippen molar-refractivity contribution in [1.29, 1.82) is 0 Å². The zero-order valence-corrected chi connectivity index (χ0v) is 20.3. The molecule has 0 unspecified atom stereocenters. The van der Waals surface area contributed by atoms with Crippen LogP contribution in [0.1, 0.15) is 44.0 Å². The van der Waals surface area contributed by atoms with Crippen molar-refractivity contribution in [2.75, 3.05) is 26.2 Å². The van der Waals surface area contributed by atoms with Gasteiger partial charge in [-0.1, -0.05) is 18.2 Å². The predicted molar refractivity (Wildman–Crippen MR) is 134 cm³/mol. The number of rotatable bonds is 7. The summed E-state index contributed by atoms with van der Waals surface area (Å²) >= 11 is 0. The van der Waals surface area contributed by atoms with Crippen LogP contribution in [0.5, 0.6) is 0 Å². The smallest absolute Gasteiger partial charge is 0.325 e. The first kappa shape index (κ1) is 23.3. The number of nitrogens with one attached hydrogen (secondary N) is 1. The van der Waals surface area contributed by atoms with Gasteiger partial charge in [0.15, 0.2) is 0 Å². The van der Waals surface area contributed by atoms with Gasteiger partial charge in [0.2, 0.25) is 0 Å². The lowest BCUT2D eigenvalue weighted by Crippen LogP contribution is -2.46. The third kappa shape index (κ3) is 5.16.